The molecular weight excluding hydrogens is 293 g/mol. The molecule has 0 rings (SSSR count). The predicted octanol–water partition coefficient (Wildman–Crippen LogP) is 4.59. The zero-order chi connectivity index (χ0) is 17.7. The van der Waals surface area contributed by atoms with Gasteiger partial charge in [0.15, 0.2) is 0 Å². The van der Waals surface area contributed by atoms with E-state index < -0.39 is 29.1 Å². The molecule has 0 saturated carbocycles. The van der Waals surface area contributed by atoms with Crippen LogP contribution in [0.4, 0.5) is 13.2 Å². The van der Waals surface area contributed by atoms with Crippen LogP contribution in [0.5, 0.6) is 0 Å². The van der Waals surface area contributed by atoms with Gasteiger partial charge in [-0.25, -0.2) is 0 Å². The van der Waals surface area contributed by atoms with Gasteiger partial charge in [-0.3, -0.25) is 9.80 Å². The Bertz CT molecular complexity index is 441. The summed E-state index contributed by atoms with van der Waals surface area (Å²) in [6, 6.07) is 0. The first-order valence-corrected chi connectivity index (χ1v) is 7.34. The molecule has 0 aliphatic heterocycles. The Morgan fingerprint density at radius 1 is 1.23 bits per heavy atom. The van der Waals surface area contributed by atoms with Gasteiger partial charge in [0.25, 0.3) is 5.78 Å². The van der Waals surface area contributed by atoms with Crippen molar-refractivity contribution in [3.8, 4) is 0 Å². The van der Waals surface area contributed by atoms with E-state index in [0.29, 0.717) is 12.8 Å². The lowest BCUT2D eigenvalue weighted by Gasteiger charge is -2.30. The SMILES string of the molecule is CC(C)=CCCC(C)/C(=N\N(C)C(C)(C)C)C(=O)C(F)(F)F. The summed E-state index contributed by atoms with van der Waals surface area (Å²) in [5, 5.41) is 5.38. The average molecular weight is 320 g/mol. The summed E-state index contributed by atoms with van der Waals surface area (Å²) in [5.41, 5.74) is 0.211. The van der Waals surface area contributed by atoms with E-state index in [2.05, 4.69) is 5.10 Å². The molecule has 0 spiro atoms. The van der Waals surface area contributed by atoms with E-state index in [1.54, 1.807) is 14.0 Å². The summed E-state index contributed by atoms with van der Waals surface area (Å²) in [4.78, 5) is 11.7. The molecule has 0 aromatic carbocycles. The molecular formula is C16H27F3N2O. The fourth-order valence-corrected chi connectivity index (χ4v) is 1.58. The van der Waals surface area contributed by atoms with Crippen LogP contribution >= 0.6 is 0 Å². The second-order valence-corrected chi connectivity index (χ2v) is 6.77. The molecule has 0 N–H and O–H groups in total. The molecule has 3 nitrogen and oxygen atoms in total. The number of nitrogens with zero attached hydrogens (tertiary/aromatic N) is 2. The molecule has 0 saturated heterocycles. The van der Waals surface area contributed by atoms with E-state index in [9.17, 15) is 18.0 Å². The highest BCUT2D eigenvalue weighted by molar-refractivity contribution is 6.42. The summed E-state index contributed by atoms with van der Waals surface area (Å²) in [7, 11) is 1.58. The van der Waals surface area contributed by atoms with E-state index in [1.165, 1.54) is 5.01 Å². The number of rotatable bonds is 6. The molecule has 0 aliphatic rings. The van der Waals surface area contributed by atoms with Crippen LogP contribution in [0.3, 0.4) is 0 Å². The second kappa shape index (κ2) is 7.79. The standard InChI is InChI=1S/C16H27F3N2O/c1-11(2)9-8-10-12(3)13(14(22)16(17,18)19)20-21(7)15(4,5)6/h9,12H,8,10H2,1-7H3/b20-13+. The fraction of sp³-hybridized carbons (Fsp3) is 0.750. The van der Waals surface area contributed by atoms with Crippen molar-refractivity contribution in [2.45, 2.75) is 66.1 Å². The lowest BCUT2D eigenvalue weighted by Crippen LogP contribution is -2.40. The predicted molar refractivity (Wildman–Crippen MR) is 83.8 cm³/mol. The minimum Gasteiger partial charge on any atom is -0.294 e. The second-order valence-electron chi connectivity index (χ2n) is 6.77. The quantitative estimate of drug-likeness (QED) is 0.407. The summed E-state index contributed by atoms with van der Waals surface area (Å²) in [5.74, 6) is -2.41. The number of allylic oxidation sites excluding steroid dienone is 2. The van der Waals surface area contributed by atoms with Gasteiger partial charge in [0, 0.05) is 18.5 Å². The van der Waals surface area contributed by atoms with Gasteiger partial charge >= 0.3 is 6.18 Å². The number of carbonyl (C=O) groups excluding carboxylic acids is 1. The van der Waals surface area contributed by atoms with Crippen LogP contribution in [0.2, 0.25) is 0 Å². The molecule has 0 aromatic heterocycles. The van der Waals surface area contributed by atoms with Crippen molar-refractivity contribution >= 4 is 11.5 Å². The van der Waals surface area contributed by atoms with Crippen molar-refractivity contribution in [1.29, 1.82) is 0 Å². The Morgan fingerprint density at radius 2 is 1.73 bits per heavy atom. The molecule has 0 bridgehead atoms. The van der Waals surface area contributed by atoms with Gasteiger partial charge in [0.2, 0.25) is 0 Å². The van der Waals surface area contributed by atoms with E-state index in [4.69, 9.17) is 0 Å². The molecule has 22 heavy (non-hydrogen) atoms. The minimum atomic E-state index is -4.90. The van der Waals surface area contributed by atoms with Crippen LogP contribution in [-0.4, -0.2) is 35.3 Å². The van der Waals surface area contributed by atoms with Crippen LogP contribution in [-0.2, 0) is 4.79 Å². The van der Waals surface area contributed by atoms with Crippen LogP contribution < -0.4 is 0 Å². The van der Waals surface area contributed by atoms with Crippen LogP contribution in [0, 0.1) is 5.92 Å². The monoisotopic (exact) mass is 320 g/mol. The van der Waals surface area contributed by atoms with Crippen molar-refractivity contribution in [1.82, 2.24) is 5.01 Å². The normalized spacial score (nSPS) is 14.5. The number of hydrogen-bond acceptors (Lipinski definition) is 3. The Hall–Kier alpha value is -1.33. The Morgan fingerprint density at radius 3 is 2.09 bits per heavy atom. The Labute approximate surface area is 131 Å². The minimum absolute atomic E-state index is 0.424. The molecule has 0 radical (unpaired) electrons. The average Bonchev–Trinajstić information content (AvgIpc) is 2.31. The van der Waals surface area contributed by atoms with Gasteiger partial charge in [0.1, 0.15) is 5.71 Å². The summed E-state index contributed by atoms with van der Waals surface area (Å²) < 4.78 is 38.4. The summed E-state index contributed by atoms with van der Waals surface area (Å²) in [6.45, 7) is 10.9. The van der Waals surface area contributed by atoms with Gasteiger partial charge in [-0.1, -0.05) is 18.6 Å². The van der Waals surface area contributed by atoms with Crippen molar-refractivity contribution in [3.05, 3.63) is 11.6 Å². The number of hydrogen-bond donors (Lipinski definition) is 0. The van der Waals surface area contributed by atoms with Gasteiger partial charge in [-0.05, 0) is 47.5 Å². The van der Waals surface area contributed by atoms with Crippen LogP contribution in [0.15, 0.2) is 16.8 Å². The van der Waals surface area contributed by atoms with Gasteiger partial charge in [-0.15, -0.1) is 0 Å². The summed E-state index contributed by atoms with van der Waals surface area (Å²) in [6.07, 6.45) is -1.89. The Kier molecular flexibility index (Phi) is 7.32. The number of Topliss-reactive ketones (excluding diaryl/α,β-unsaturated/α-hetero) is 1. The molecule has 1 unspecified atom stereocenters. The third-order valence-corrected chi connectivity index (χ3v) is 3.34. The molecule has 0 aliphatic carbocycles. The maximum atomic E-state index is 12.8. The third-order valence-electron chi connectivity index (χ3n) is 3.34. The molecule has 128 valence electrons. The highest BCUT2D eigenvalue weighted by Gasteiger charge is 2.43. The van der Waals surface area contributed by atoms with E-state index >= 15 is 0 Å². The van der Waals surface area contributed by atoms with Crippen molar-refractivity contribution in [2.75, 3.05) is 7.05 Å². The van der Waals surface area contributed by atoms with E-state index in [1.807, 2.05) is 40.7 Å². The van der Waals surface area contributed by atoms with E-state index in [-0.39, 0.29) is 0 Å². The first-order valence-electron chi connectivity index (χ1n) is 7.34. The zero-order valence-corrected chi connectivity index (χ0v) is 14.5. The molecule has 6 heteroatoms. The molecule has 0 aromatic rings. The topological polar surface area (TPSA) is 32.7 Å². The van der Waals surface area contributed by atoms with Crippen molar-refractivity contribution in [2.24, 2.45) is 11.0 Å². The molecule has 0 fully saturated rings. The first-order chi connectivity index (χ1) is 9.76. The summed E-state index contributed by atoms with van der Waals surface area (Å²) >= 11 is 0. The largest absolute Gasteiger partial charge is 0.456 e. The zero-order valence-electron chi connectivity index (χ0n) is 14.5. The van der Waals surface area contributed by atoms with E-state index in [0.717, 1.165) is 5.57 Å². The van der Waals surface area contributed by atoms with Crippen molar-refractivity contribution in [3.63, 3.8) is 0 Å². The number of halogens is 3. The Balaban J connectivity index is 5.39. The maximum Gasteiger partial charge on any atom is 0.456 e. The fourth-order valence-electron chi connectivity index (χ4n) is 1.58. The lowest BCUT2D eigenvalue weighted by atomic mass is 9.96. The van der Waals surface area contributed by atoms with Crippen molar-refractivity contribution < 1.29 is 18.0 Å². The smallest absolute Gasteiger partial charge is 0.294 e. The lowest BCUT2D eigenvalue weighted by molar-refractivity contribution is -0.163. The number of ketones is 1. The third kappa shape index (κ3) is 7.09. The molecule has 1 atom stereocenters. The maximum absolute atomic E-state index is 12.8. The molecule has 0 amide bonds. The van der Waals surface area contributed by atoms with Gasteiger partial charge < -0.3 is 0 Å². The highest BCUT2D eigenvalue weighted by Crippen LogP contribution is 2.23. The molecule has 0 heterocycles. The van der Waals surface area contributed by atoms with Crippen LogP contribution in [0.25, 0.3) is 0 Å². The van der Waals surface area contributed by atoms with Crippen LogP contribution in [0.1, 0.15) is 54.4 Å². The highest BCUT2D eigenvalue weighted by atomic mass is 19.4. The number of hydrazone groups is 1. The number of carbonyl (C=O) groups is 1. The van der Waals surface area contributed by atoms with Gasteiger partial charge in [-0.2, -0.15) is 18.3 Å². The van der Waals surface area contributed by atoms with Gasteiger partial charge in [0.05, 0.1) is 0 Å². The number of alkyl halides is 3. The first kappa shape index (κ1) is 20.7.